The summed E-state index contributed by atoms with van der Waals surface area (Å²) < 4.78 is 5.57. The molecule has 5 nitrogen and oxygen atoms in total. The molecule has 1 aromatic carbocycles. The lowest BCUT2D eigenvalue weighted by Gasteiger charge is -2.32. The lowest BCUT2D eigenvalue weighted by atomic mass is 9.91. The highest BCUT2D eigenvalue weighted by atomic mass is 16.3. The van der Waals surface area contributed by atoms with Crippen molar-refractivity contribution in [3.63, 3.8) is 0 Å². The van der Waals surface area contributed by atoms with Crippen molar-refractivity contribution in [1.29, 1.82) is 0 Å². The van der Waals surface area contributed by atoms with E-state index in [1.165, 1.54) is 0 Å². The van der Waals surface area contributed by atoms with Gasteiger partial charge in [0, 0.05) is 36.2 Å². The van der Waals surface area contributed by atoms with Crippen LogP contribution in [0.5, 0.6) is 0 Å². The Kier molecular flexibility index (Phi) is 4.29. The van der Waals surface area contributed by atoms with Crippen LogP contribution in [0.4, 0.5) is 0 Å². The van der Waals surface area contributed by atoms with Gasteiger partial charge in [-0.15, -0.1) is 0 Å². The van der Waals surface area contributed by atoms with Crippen molar-refractivity contribution in [3.8, 4) is 0 Å². The van der Waals surface area contributed by atoms with Crippen molar-refractivity contribution < 1.29 is 14.0 Å². The number of piperidine rings is 1. The lowest BCUT2D eigenvalue weighted by molar-refractivity contribution is 0.0635. The van der Waals surface area contributed by atoms with Crippen LogP contribution in [-0.2, 0) is 0 Å². The molecule has 5 heteroatoms. The van der Waals surface area contributed by atoms with Gasteiger partial charge in [0.15, 0.2) is 5.78 Å². The van der Waals surface area contributed by atoms with Gasteiger partial charge in [-0.2, -0.15) is 0 Å². The molecule has 1 aliphatic rings. The monoisotopic (exact) mass is 348 g/mol. The molecule has 0 bridgehead atoms. The van der Waals surface area contributed by atoms with Crippen LogP contribution in [0.3, 0.4) is 0 Å². The molecule has 1 aliphatic heterocycles. The van der Waals surface area contributed by atoms with Gasteiger partial charge in [0.05, 0.1) is 0 Å². The molecule has 1 amide bonds. The zero-order valence-corrected chi connectivity index (χ0v) is 14.6. The Labute approximate surface area is 151 Å². The number of aromatic nitrogens is 1. The lowest BCUT2D eigenvalue weighted by Crippen LogP contribution is -2.42. The molecule has 132 valence electrons. The maximum atomic E-state index is 12.9. The molecule has 2 aromatic heterocycles. The van der Waals surface area contributed by atoms with Crippen molar-refractivity contribution in [3.05, 3.63) is 65.7 Å². The Bertz CT molecular complexity index is 962. The summed E-state index contributed by atoms with van der Waals surface area (Å²) in [5.74, 6) is 0.611. The van der Waals surface area contributed by atoms with Gasteiger partial charge >= 0.3 is 0 Å². The predicted molar refractivity (Wildman–Crippen MR) is 98.1 cm³/mol. The van der Waals surface area contributed by atoms with Gasteiger partial charge in [0.25, 0.3) is 5.91 Å². The minimum absolute atomic E-state index is 0.0176. The van der Waals surface area contributed by atoms with Gasteiger partial charge in [0.1, 0.15) is 17.0 Å². The normalized spacial score (nSPS) is 17.4. The number of carbonyl (C=O) groups excluding carboxylic acids is 2. The molecule has 0 aliphatic carbocycles. The fourth-order valence-electron chi connectivity index (χ4n) is 3.58. The third-order valence-corrected chi connectivity index (χ3v) is 4.88. The second-order valence-electron chi connectivity index (χ2n) is 6.78. The first-order valence-corrected chi connectivity index (χ1v) is 8.86. The molecule has 1 atom stereocenters. The summed E-state index contributed by atoms with van der Waals surface area (Å²) in [4.78, 5) is 31.5. The van der Waals surface area contributed by atoms with Crippen LogP contribution in [0, 0.1) is 12.8 Å². The summed E-state index contributed by atoms with van der Waals surface area (Å²) in [5, 5.41) is 0.923. The zero-order valence-electron chi connectivity index (χ0n) is 14.6. The third kappa shape index (κ3) is 3.12. The summed E-state index contributed by atoms with van der Waals surface area (Å²) in [6, 6.07) is 12.7. The maximum absolute atomic E-state index is 12.9. The van der Waals surface area contributed by atoms with E-state index < -0.39 is 0 Å². The quantitative estimate of drug-likeness (QED) is 0.674. The Morgan fingerprint density at radius 2 is 2.08 bits per heavy atom. The number of nitrogens with zero attached hydrogens (tertiary/aromatic N) is 2. The summed E-state index contributed by atoms with van der Waals surface area (Å²) in [7, 11) is 0. The molecule has 0 N–H and O–H groups in total. The molecule has 3 heterocycles. The summed E-state index contributed by atoms with van der Waals surface area (Å²) in [5.41, 5.74) is 1.88. The number of amides is 1. The van der Waals surface area contributed by atoms with Crippen molar-refractivity contribution in [2.45, 2.75) is 19.8 Å². The minimum Gasteiger partial charge on any atom is -0.461 e. The largest absolute Gasteiger partial charge is 0.461 e. The number of likely N-dealkylation sites (tertiary alicyclic amines) is 1. The zero-order chi connectivity index (χ0) is 18.1. The van der Waals surface area contributed by atoms with Gasteiger partial charge in [-0.3, -0.25) is 14.6 Å². The van der Waals surface area contributed by atoms with Gasteiger partial charge in [-0.05, 0) is 56.2 Å². The summed E-state index contributed by atoms with van der Waals surface area (Å²) >= 11 is 0. The molecular weight excluding hydrogens is 328 g/mol. The average molecular weight is 348 g/mol. The topological polar surface area (TPSA) is 63.4 Å². The fourth-order valence-corrected chi connectivity index (χ4v) is 3.58. The van der Waals surface area contributed by atoms with Crippen LogP contribution >= 0.6 is 0 Å². The van der Waals surface area contributed by atoms with E-state index in [1.807, 2.05) is 31.2 Å². The van der Waals surface area contributed by atoms with E-state index in [4.69, 9.17) is 4.42 Å². The van der Waals surface area contributed by atoms with Crippen LogP contribution < -0.4 is 0 Å². The smallest absolute Gasteiger partial charge is 0.253 e. The molecule has 3 aromatic rings. The number of aryl methyl sites for hydroxylation is 1. The van der Waals surface area contributed by atoms with E-state index in [0.717, 1.165) is 29.6 Å². The number of furan rings is 1. The van der Waals surface area contributed by atoms with Crippen molar-refractivity contribution in [2.24, 2.45) is 5.92 Å². The number of Topliss-reactive ketones (excluding diaryl/α,β-unsaturated/α-hetero) is 1. The highest BCUT2D eigenvalue weighted by molar-refractivity contribution is 5.99. The molecule has 0 radical (unpaired) electrons. The molecule has 0 spiro atoms. The number of pyridine rings is 1. The second-order valence-corrected chi connectivity index (χ2v) is 6.78. The molecule has 4 rings (SSSR count). The van der Waals surface area contributed by atoms with Crippen LogP contribution in [0.15, 0.2) is 53.1 Å². The number of rotatable bonds is 3. The van der Waals surface area contributed by atoms with Crippen molar-refractivity contribution >= 4 is 22.7 Å². The SMILES string of the molecule is Cc1cc2cc(C(=O)N3CCC[C@@H](C(=O)c4ccccn4)C3)ccc2o1. The van der Waals surface area contributed by atoms with Crippen molar-refractivity contribution in [1.82, 2.24) is 9.88 Å². The molecule has 26 heavy (non-hydrogen) atoms. The first kappa shape index (κ1) is 16.5. The van der Waals surface area contributed by atoms with Gasteiger partial charge in [0.2, 0.25) is 0 Å². The van der Waals surface area contributed by atoms with Crippen LogP contribution in [0.1, 0.15) is 39.4 Å². The number of carbonyl (C=O) groups is 2. The van der Waals surface area contributed by atoms with E-state index in [-0.39, 0.29) is 17.6 Å². The first-order valence-electron chi connectivity index (χ1n) is 8.86. The Balaban J connectivity index is 1.53. The molecule has 1 saturated heterocycles. The number of fused-ring (bicyclic) bond motifs is 1. The first-order chi connectivity index (χ1) is 12.6. The van der Waals surface area contributed by atoms with Crippen LogP contribution in [-0.4, -0.2) is 34.7 Å². The average Bonchev–Trinajstić information content (AvgIpc) is 3.06. The summed E-state index contributed by atoms with van der Waals surface area (Å²) in [6.07, 6.45) is 3.24. The van der Waals surface area contributed by atoms with E-state index in [0.29, 0.717) is 24.3 Å². The Morgan fingerprint density at radius 1 is 1.19 bits per heavy atom. The number of ketones is 1. The van der Waals surface area contributed by atoms with E-state index >= 15 is 0 Å². The molecule has 0 unspecified atom stereocenters. The third-order valence-electron chi connectivity index (χ3n) is 4.88. The predicted octanol–water partition coefficient (Wildman–Crippen LogP) is 3.87. The molecular formula is C21H20N2O3. The Morgan fingerprint density at radius 3 is 2.88 bits per heavy atom. The molecule has 1 fully saturated rings. The fraction of sp³-hybridized carbons (Fsp3) is 0.286. The maximum Gasteiger partial charge on any atom is 0.253 e. The number of hydrogen-bond donors (Lipinski definition) is 0. The standard InChI is InChI=1S/C21H20N2O3/c1-14-11-17-12-15(7-8-19(17)26-14)21(25)23-10-4-5-16(13-23)20(24)18-6-2-3-9-22-18/h2-3,6-9,11-12,16H,4-5,10,13H2,1H3/t16-/m1/s1. The summed E-state index contributed by atoms with van der Waals surface area (Å²) in [6.45, 7) is 3.00. The number of benzene rings is 1. The second kappa shape index (κ2) is 6.75. The van der Waals surface area contributed by atoms with Crippen LogP contribution in [0.2, 0.25) is 0 Å². The van der Waals surface area contributed by atoms with E-state index in [9.17, 15) is 9.59 Å². The highest BCUT2D eigenvalue weighted by Gasteiger charge is 2.30. The van der Waals surface area contributed by atoms with Gasteiger partial charge in [-0.1, -0.05) is 6.07 Å². The van der Waals surface area contributed by atoms with Crippen LogP contribution in [0.25, 0.3) is 11.0 Å². The molecule has 0 saturated carbocycles. The highest BCUT2D eigenvalue weighted by Crippen LogP contribution is 2.24. The van der Waals surface area contributed by atoms with Gasteiger partial charge in [-0.25, -0.2) is 0 Å². The van der Waals surface area contributed by atoms with E-state index in [1.54, 1.807) is 29.3 Å². The van der Waals surface area contributed by atoms with Crippen molar-refractivity contribution in [2.75, 3.05) is 13.1 Å². The Hall–Kier alpha value is -2.95. The number of hydrogen-bond acceptors (Lipinski definition) is 4. The van der Waals surface area contributed by atoms with Gasteiger partial charge < -0.3 is 9.32 Å². The minimum atomic E-state index is -0.192. The van der Waals surface area contributed by atoms with E-state index in [2.05, 4.69) is 4.98 Å².